The lowest BCUT2D eigenvalue weighted by molar-refractivity contribution is 0.174. The van der Waals surface area contributed by atoms with E-state index in [9.17, 15) is 0 Å². The van der Waals surface area contributed by atoms with E-state index in [4.69, 9.17) is 42.0 Å². The van der Waals surface area contributed by atoms with Gasteiger partial charge in [0.2, 0.25) is 11.8 Å². The third-order valence-electron chi connectivity index (χ3n) is 5.86. The Morgan fingerprint density at radius 2 is 1.24 bits per heavy atom. The van der Waals surface area contributed by atoms with E-state index in [1.54, 1.807) is 12.5 Å². The van der Waals surface area contributed by atoms with Crippen LogP contribution in [-0.2, 0) is 13.1 Å². The van der Waals surface area contributed by atoms with Crippen LogP contribution in [0.4, 0.5) is 0 Å². The highest BCUT2D eigenvalue weighted by atomic mass is 35.5. The van der Waals surface area contributed by atoms with Crippen molar-refractivity contribution < 1.29 is 8.83 Å². The first-order chi connectivity index (χ1) is 16.5. The van der Waals surface area contributed by atoms with Crippen molar-refractivity contribution in [3.63, 3.8) is 0 Å². The SMILES string of the molecule is CCCCC[C@@H](C)N(Cc1coc(-c2ccc(Cl)cc2)n1)Cc1coc(-c2ccc(Cl)cc2)n1. The first-order valence-electron chi connectivity index (χ1n) is 11.7. The molecule has 0 aliphatic rings. The van der Waals surface area contributed by atoms with Crippen molar-refractivity contribution in [3.05, 3.63) is 82.5 Å². The summed E-state index contributed by atoms with van der Waals surface area (Å²) in [6.07, 6.45) is 8.20. The summed E-state index contributed by atoms with van der Waals surface area (Å²) >= 11 is 12.0. The van der Waals surface area contributed by atoms with Crippen LogP contribution in [0.25, 0.3) is 22.9 Å². The Hall–Kier alpha value is -2.60. The van der Waals surface area contributed by atoms with Gasteiger partial charge in [0.05, 0.1) is 11.4 Å². The number of rotatable bonds is 11. The molecule has 0 aliphatic carbocycles. The zero-order chi connectivity index (χ0) is 23.9. The third-order valence-corrected chi connectivity index (χ3v) is 6.37. The predicted octanol–water partition coefficient (Wildman–Crippen LogP) is 8.27. The van der Waals surface area contributed by atoms with Crippen LogP contribution < -0.4 is 0 Å². The standard InChI is InChI=1S/C27H29Cl2N3O2/c1-3-4-5-6-19(2)32(15-24-17-33-26(30-24)20-7-11-22(28)12-8-20)16-25-18-34-27(31-25)21-9-13-23(29)14-10-21/h7-14,17-19H,3-6,15-16H2,1-2H3/t19-/m1/s1. The number of nitrogens with zero attached hydrogens (tertiary/aromatic N) is 3. The quantitative estimate of drug-likeness (QED) is 0.195. The number of hydrogen-bond donors (Lipinski definition) is 0. The molecule has 34 heavy (non-hydrogen) atoms. The van der Waals surface area contributed by atoms with Gasteiger partial charge in [-0.1, -0.05) is 49.4 Å². The summed E-state index contributed by atoms with van der Waals surface area (Å²) in [5.74, 6) is 1.19. The Kier molecular flexibility index (Phi) is 8.44. The minimum atomic E-state index is 0.359. The molecule has 0 spiro atoms. The smallest absolute Gasteiger partial charge is 0.226 e. The van der Waals surface area contributed by atoms with Crippen molar-refractivity contribution in [1.82, 2.24) is 14.9 Å². The maximum Gasteiger partial charge on any atom is 0.226 e. The number of hydrogen-bond acceptors (Lipinski definition) is 5. The number of unbranched alkanes of at least 4 members (excludes halogenated alkanes) is 2. The highest BCUT2D eigenvalue weighted by Crippen LogP contribution is 2.25. The number of oxazole rings is 2. The van der Waals surface area contributed by atoms with Crippen LogP contribution in [0.2, 0.25) is 10.0 Å². The van der Waals surface area contributed by atoms with E-state index in [0.29, 0.717) is 41.0 Å². The molecule has 0 saturated carbocycles. The van der Waals surface area contributed by atoms with Gasteiger partial charge in [0.25, 0.3) is 0 Å². The van der Waals surface area contributed by atoms with E-state index < -0.39 is 0 Å². The zero-order valence-corrected chi connectivity index (χ0v) is 21.0. The van der Waals surface area contributed by atoms with Crippen LogP contribution in [-0.4, -0.2) is 20.9 Å². The maximum atomic E-state index is 6.01. The van der Waals surface area contributed by atoms with Crippen LogP contribution in [0.3, 0.4) is 0 Å². The molecule has 7 heteroatoms. The van der Waals surface area contributed by atoms with Crippen LogP contribution in [0, 0.1) is 0 Å². The first-order valence-corrected chi connectivity index (χ1v) is 12.4. The second kappa shape index (κ2) is 11.7. The highest BCUT2D eigenvalue weighted by molar-refractivity contribution is 6.30. The van der Waals surface area contributed by atoms with E-state index in [0.717, 1.165) is 28.9 Å². The molecule has 4 aromatic rings. The summed E-state index contributed by atoms with van der Waals surface area (Å²) in [6, 6.07) is 15.4. The summed E-state index contributed by atoms with van der Waals surface area (Å²) < 4.78 is 11.5. The van der Waals surface area contributed by atoms with E-state index in [1.807, 2.05) is 48.5 Å². The number of benzene rings is 2. The van der Waals surface area contributed by atoms with Crippen molar-refractivity contribution in [2.75, 3.05) is 0 Å². The summed E-state index contributed by atoms with van der Waals surface area (Å²) in [4.78, 5) is 11.8. The molecule has 1 atom stereocenters. The summed E-state index contributed by atoms with van der Waals surface area (Å²) in [6.45, 7) is 5.81. The predicted molar refractivity (Wildman–Crippen MR) is 137 cm³/mol. The van der Waals surface area contributed by atoms with Gasteiger partial charge in [0.15, 0.2) is 0 Å². The molecule has 0 fully saturated rings. The molecule has 0 unspecified atom stereocenters. The molecular weight excluding hydrogens is 469 g/mol. The van der Waals surface area contributed by atoms with Crippen LogP contribution in [0.1, 0.15) is 50.9 Å². The van der Waals surface area contributed by atoms with Gasteiger partial charge in [-0.05, 0) is 61.9 Å². The molecule has 5 nitrogen and oxygen atoms in total. The Balaban J connectivity index is 1.49. The van der Waals surface area contributed by atoms with Gasteiger partial charge in [0.1, 0.15) is 12.5 Å². The Bertz CT molecular complexity index is 1080. The van der Waals surface area contributed by atoms with Crippen LogP contribution >= 0.6 is 23.2 Å². The maximum absolute atomic E-state index is 6.01. The van der Waals surface area contributed by atoms with Crippen LogP contribution in [0.5, 0.6) is 0 Å². The van der Waals surface area contributed by atoms with Gasteiger partial charge in [-0.15, -0.1) is 0 Å². The van der Waals surface area contributed by atoms with Gasteiger partial charge >= 0.3 is 0 Å². The first kappa shape index (κ1) is 24.5. The van der Waals surface area contributed by atoms with Crippen molar-refractivity contribution in [1.29, 1.82) is 0 Å². The lowest BCUT2D eigenvalue weighted by atomic mass is 10.1. The van der Waals surface area contributed by atoms with Crippen molar-refractivity contribution >= 4 is 23.2 Å². The molecule has 2 aromatic heterocycles. The largest absolute Gasteiger partial charge is 0.444 e. The molecule has 2 aromatic carbocycles. The zero-order valence-electron chi connectivity index (χ0n) is 19.5. The van der Waals surface area contributed by atoms with Gasteiger partial charge in [-0.3, -0.25) is 4.90 Å². The Morgan fingerprint density at radius 3 is 1.68 bits per heavy atom. The molecule has 178 valence electrons. The summed E-state index contributed by atoms with van der Waals surface area (Å²) in [5, 5.41) is 1.38. The molecular formula is C27H29Cl2N3O2. The van der Waals surface area contributed by atoms with E-state index in [1.165, 1.54) is 19.3 Å². The minimum absolute atomic E-state index is 0.359. The monoisotopic (exact) mass is 497 g/mol. The lowest BCUT2D eigenvalue weighted by Crippen LogP contribution is -2.32. The number of halogens is 2. The van der Waals surface area contributed by atoms with Gasteiger partial charge in [-0.2, -0.15) is 0 Å². The van der Waals surface area contributed by atoms with Gasteiger partial charge < -0.3 is 8.83 Å². The molecule has 0 amide bonds. The fraction of sp³-hybridized carbons (Fsp3) is 0.333. The van der Waals surface area contributed by atoms with E-state index in [-0.39, 0.29) is 0 Å². The van der Waals surface area contributed by atoms with Gasteiger partial charge in [0, 0.05) is 40.3 Å². The highest BCUT2D eigenvalue weighted by Gasteiger charge is 2.19. The fourth-order valence-corrected chi connectivity index (χ4v) is 4.12. The fourth-order valence-electron chi connectivity index (χ4n) is 3.87. The van der Waals surface area contributed by atoms with E-state index >= 15 is 0 Å². The summed E-state index contributed by atoms with van der Waals surface area (Å²) in [7, 11) is 0. The second-order valence-corrected chi connectivity index (χ2v) is 9.42. The van der Waals surface area contributed by atoms with E-state index in [2.05, 4.69) is 18.7 Å². The molecule has 4 rings (SSSR count). The molecule has 0 bridgehead atoms. The molecule has 0 aliphatic heterocycles. The van der Waals surface area contributed by atoms with Crippen molar-refractivity contribution in [2.45, 2.75) is 58.7 Å². The minimum Gasteiger partial charge on any atom is -0.444 e. The van der Waals surface area contributed by atoms with Crippen molar-refractivity contribution in [3.8, 4) is 22.9 Å². The second-order valence-electron chi connectivity index (χ2n) is 8.55. The average molecular weight is 498 g/mol. The third kappa shape index (κ3) is 6.50. The van der Waals surface area contributed by atoms with Crippen LogP contribution in [0.15, 0.2) is 69.9 Å². The average Bonchev–Trinajstić information content (AvgIpc) is 3.50. The lowest BCUT2D eigenvalue weighted by Gasteiger charge is -2.27. The number of aromatic nitrogens is 2. The van der Waals surface area contributed by atoms with Gasteiger partial charge in [-0.25, -0.2) is 9.97 Å². The topological polar surface area (TPSA) is 55.3 Å². The molecule has 0 radical (unpaired) electrons. The normalized spacial score (nSPS) is 12.4. The Morgan fingerprint density at radius 1 is 0.765 bits per heavy atom. The Labute approximate surface area is 210 Å². The van der Waals surface area contributed by atoms with Crippen molar-refractivity contribution in [2.24, 2.45) is 0 Å². The molecule has 0 N–H and O–H groups in total. The molecule has 2 heterocycles. The summed E-state index contributed by atoms with van der Waals surface area (Å²) in [5.41, 5.74) is 3.58. The molecule has 0 saturated heterocycles.